The molecule has 6 heteroatoms. The molecule has 0 atom stereocenters. The molecule has 98 valence electrons. The van der Waals surface area contributed by atoms with E-state index in [2.05, 4.69) is 10.6 Å². The molecule has 1 rings (SSSR count). The van der Waals surface area contributed by atoms with Crippen LogP contribution in [0, 0.1) is 10.1 Å². The number of hydrogen-bond acceptors (Lipinski definition) is 4. The van der Waals surface area contributed by atoms with E-state index in [0.717, 1.165) is 0 Å². The summed E-state index contributed by atoms with van der Waals surface area (Å²) in [5.74, 6) is -0.232. The zero-order chi connectivity index (χ0) is 13.8. The molecule has 0 aliphatic carbocycles. The Bertz CT molecular complexity index is 458. The average molecular weight is 251 g/mol. The number of likely N-dealkylation sites (N-methyl/N-ethyl adjacent to an activating group) is 1. The minimum atomic E-state index is -0.723. The van der Waals surface area contributed by atoms with Crippen molar-refractivity contribution >= 4 is 17.3 Å². The normalized spacial score (nSPS) is 11.1. The Hall–Kier alpha value is -1.95. The van der Waals surface area contributed by atoms with Crippen LogP contribution in [0.25, 0.3) is 0 Å². The van der Waals surface area contributed by atoms with Crippen molar-refractivity contribution in [3.05, 3.63) is 34.4 Å². The highest BCUT2D eigenvalue weighted by molar-refractivity contribution is 5.97. The van der Waals surface area contributed by atoms with Crippen molar-refractivity contribution in [2.45, 2.75) is 26.3 Å². The van der Waals surface area contributed by atoms with E-state index in [1.807, 2.05) is 6.92 Å². The molecule has 0 heterocycles. The molecule has 2 N–H and O–H groups in total. The number of carbonyl (C=O) groups is 1. The monoisotopic (exact) mass is 251 g/mol. The van der Waals surface area contributed by atoms with E-state index in [1.165, 1.54) is 18.2 Å². The molecule has 0 bridgehead atoms. The van der Waals surface area contributed by atoms with Gasteiger partial charge in [0.1, 0.15) is 0 Å². The molecular weight excluding hydrogens is 234 g/mol. The van der Waals surface area contributed by atoms with Gasteiger partial charge in [-0.3, -0.25) is 14.9 Å². The second-order valence-electron chi connectivity index (χ2n) is 4.42. The van der Waals surface area contributed by atoms with E-state index in [0.29, 0.717) is 12.2 Å². The van der Waals surface area contributed by atoms with Crippen molar-refractivity contribution in [3.63, 3.8) is 0 Å². The van der Waals surface area contributed by atoms with Gasteiger partial charge in [-0.2, -0.15) is 0 Å². The molecule has 0 saturated carbocycles. The molecule has 6 nitrogen and oxygen atoms in total. The van der Waals surface area contributed by atoms with Gasteiger partial charge in [-0.25, -0.2) is 0 Å². The van der Waals surface area contributed by atoms with Crippen LogP contribution in [-0.4, -0.2) is 22.9 Å². The lowest BCUT2D eigenvalue weighted by atomic mass is 10.0. The Morgan fingerprint density at radius 1 is 1.44 bits per heavy atom. The molecule has 0 spiro atoms. The van der Waals surface area contributed by atoms with Gasteiger partial charge in [0, 0.05) is 17.8 Å². The fraction of sp³-hybridized carbons (Fsp3) is 0.417. The molecule has 0 aliphatic heterocycles. The van der Waals surface area contributed by atoms with Crippen LogP contribution in [0.5, 0.6) is 0 Å². The van der Waals surface area contributed by atoms with Crippen LogP contribution >= 0.6 is 0 Å². The van der Waals surface area contributed by atoms with Crippen molar-refractivity contribution in [1.82, 2.24) is 5.32 Å². The van der Waals surface area contributed by atoms with Gasteiger partial charge in [-0.05, 0) is 26.5 Å². The maximum Gasteiger partial charge on any atom is 0.271 e. The van der Waals surface area contributed by atoms with Crippen molar-refractivity contribution in [1.29, 1.82) is 0 Å². The second-order valence-corrected chi connectivity index (χ2v) is 4.42. The van der Waals surface area contributed by atoms with E-state index >= 15 is 0 Å². The number of amides is 1. The predicted octanol–water partition coefficient (Wildman–Crippen LogP) is 1.92. The molecule has 0 unspecified atom stereocenters. The number of hydrogen-bond donors (Lipinski definition) is 2. The summed E-state index contributed by atoms with van der Waals surface area (Å²) in [6, 6.07) is 5.87. The lowest BCUT2D eigenvalue weighted by molar-refractivity contribution is -0.384. The fourth-order valence-corrected chi connectivity index (χ4v) is 1.51. The quantitative estimate of drug-likeness (QED) is 0.618. The van der Waals surface area contributed by atoms with Crippen LogP contribution in [0.15, 0.2) is 24.3 Å². The van der Waals surface area contributed by atoms with Crippen LogP contribution in [-0.2, 0) is 4.79 Å². The first kappa shape index (κ1) is 14.1. The Morgan fingerprint density at radius 3 is 2.67 bits per heavy atom. The number of anilines is 1. The smallest absolute Gasteiger partial charge is 0.271 e. The minimum Gasteiger partial charge on any atom is -0.324 e. The van der Waals surface area contributed by atoms with E-state index in [4.69, 9.17) is 0 Å². The van der Waals surface area contributed by atoms with Crippen LogP contribution in [0.1, 0.15) is 20.8 Å². The van der Waals surface area contributed by atoms with Crippen LogP contribution in [0.2, 0.25) is 0 Å². The van der Waals surface area contributed by atoms with Gasteiger partial charge in [0.15, 0.2) is 0 Å². The molecular formula is C12H17N3O3. The van der Waals surface area contributed by atoms with Crippen LogP contribution in [0.4, 0.5) is 11.4 Å². The van der Waals surface area contributed by atoms with Gasteiger partial charge >= 0.3 is 0 Å². The van der Waals surface area contributed by atoms with Crippen molar-refractivity contribution in [2.24, 2.45) is 0 Å². The van der Waals surface area contributed by atoms with Crippen molar-refractivity contribution < 1.29 is 9.72 Å². The standard InChI is InChI=1S/C12H17N3O3/c1-4-13-12(2,3)11(16)14-9-6-5-7-10(8-9)15(17)18/h5-8,13H,4H2,1-3H3,(H,14,16). The summed E-state index contributed by atoms with van der Waals surface area (Å²) in [6.45, 7) is 6.07. The first-order valence-corrected chi connectivity index (χ1v) is 5.67. The zero-order valence-electron chi connectivity index (χ0n) is 10.7. The summed E-state index contributed by atoms with van der Waals surface area (Å²) in [4.78, 5) is 22.1. The van der Waals surface area contributed by atoms with Crippen molar-refractivity contribution in [2.75, 3.05) is 11.9 Å². The molecule has 1 amide bonds. The van der Waals surface area contributed by atoms with Crippen LogP contribution < -0.4 is 10.6 Å². The Labute approximate surface area is 106 Å². The van der Waals surface area contributed by atoms with Gasteiger partial charge in [0.2, 0.25) is 5.91 Å². The number of nitro benzene ring substituents is 1. The summed E-state index contributed by atoms with van der Waals surface area (Å²) < 4.78 is 0. The highest BCUT2D eigenvalue weighted by atomic mass is 16.6. The Morgan fingerprint density at radius 2 is 2.11 bits per heavy atom. The van der Waals surface area contributed by atoms with E-state index in [-0.39, 0.29) is 11.6 Å². The minimum absolute atomic E-state index is 0.0472. The number of nitrogens with zero attached hydrogens (tertiary/aromatic N) is 1. The molecule has 0 aromatic heterocycles. The SMILES string of the molecule is CCNC(C)(C)C(=O)Nc1cccc([N+](=O)[O-])c1. The van der Waals surface area contributed by atoms with E-state index in [9.17, 15) is 14.9 Å². The van der Waals surface area contributed by atoms with E-state index < -0.39 is 10.5 Å². The summed E-state index contributed by atoms with van der Waals surface area (Å²) in [5, 5.41) is 16.3. The van der Waals surface area contributed by atoms with Gasteiger partial charge in [-0.1, -0.05) is 13.0 Å². The largest absolute Gasteiger partial charge is 0.324 e. The lowest BCUT2D eigenvalue weighted by Gasteiger charge is -2.24. The number of benzene rings is 1. The number of rotatable bonds is 5. The van der Waals surface area contributed by atoms with Crippen molar-refractivity contribution in [3.8, 4) is 0 Å². The average Bonchev–Trinajstić information content (AvgIpc) is 2.29. The Balaban J connectivity index is 2.82. The molecule has 0 fully saturated rings. The molecule has 1 aromatic carbocycles. The van der Waals surface area contributed by atoms with Crippen LogP contribution in [0.3, 0.4) is 0 Å². The summed E-state index contributed by atoms with van der Waals surface area (Å²) in [6.07, 6.45) is 0. The molecule has 18 heavy (non-hydrogen) atoms. The third kappa shape index (κ3) is 3.53. The summed E-state index contributed by atoms with van der Waals surface area (Å²) in [5.41, 5.74) is -0.353. The van der Waals surface area contributed by atoms with Gasteiger partial charge < -0.3 is 10.6 Å². The number of nitrogens with one attached hydrogen (secondary N) is 2. The third-order valence-electron chi connectivity index (χ3n) is 2.50. The zero-order valence-corrected chi connectivity index (χ0v) is 10.7. The maximum absolute atomic E-state index is 12.0. The number of non-ortho nitro benzene ring substituents is 1. The highest BCUT2D eigenvalue weighted by Crippen LogP contribution is 2.18. The lowest BCUT2D eigenvalue weighted by Crippen LogP contribution is -2.49. The topological polar surface area (TPSA) is 84.3 Å². The molecule has 0 saturated heterocycles. The predicted molar refractivity (Wildman–Crippen MR) is 69.5 cm³/mol. The van der Waals surface area contributed by atoms with Gasteiger partial charge in [-0.15, -0.1) is 0 Å². The van der Waals surface area contributed by atoms with Gasteiger partial charge in [0.25, 0.3) is 5.69 Å². The summed E-state index contributed by atoms with van der Waals surface area (Å²) in [7, 11) is 0. The first-order valence-electron chi connectivity index (χ1n) is 5.67. The number of nitro groups is 1. The molecule has 0 radical (unpaired) electrons. The molecule has 1 aromatic rings. The Kier molecular flexibility index (Phi) is 4.38. The fourth-order valence-electron chi connectivity index (χ4n) is 1.51. The first-order chi connectivity index (χ1) is 8.36. The molecule has 0 aliphatic rings. The highest BCUT2D eigenvalue weighted by Gasteiger charge is 2.26. The number of carbonyl (C=O) groups excluding carboxylic acids is 1. The third-order valence-corrected chi connectivity index (χ3v) is 2.50. The maximum atomic E-state index is 12.0. The van der Waals surface area contributed by atoms with E-state index in [1.54, 1.807) is 19.9 Å². The summed E-state index contributed by atoms with van der Waals surface area (Å²) >= 11 is 0. The van der Waals surface area contributed by atoms with Gasteiger partial charge in [0.05, 0.1) is 10.5 Å². The second kappa shape index (κ2) is 5.59.